The highest BCUT2D eigenvalue weighted by Gasteiger charge is 2.08. The second-order valence-electron chi connectivity index (χ2n) is 5.45. The van der Waals surface area contributed by atoms with Crippen LogP contribution in [0.25, 0.3) is 10.2 Å². The molecule has 3 rings (SSSR count). The van der Waals surface area contributed by atoms with Gasteiger partial charge in [-0.05, 0) is 43.3 Å². The highest BCUT2D eigenvalue weighted by molar-refractivity contribution is 7.16. The van der Waals surface area contributed by atoms with E-state index in [4.69, 9.17) is 9.47 Å². The summed E-state index contributed by atoms with van der Waals surface area (Å²) in [5, 5.41) is 0. The average Bonchev–Trinajstić information content (AvgIpc) is 2.99. The lowest BCUT2D eigenvalue weighted by Gasteiger charge is -2.05. The van der Waals surface area contributed by atoms with Gasteiger partial charge in [-0.25, -0.2) is 4.39 Å². The van der Waals surface area contributed by atoms with Crippen molar-refractivity contribution in [2.45, 2.75) is 13.5 Å². The van der Waals surface area contributed by atoms with Crippen LogP contribution in [0, 0.1) is 5.82 Å². The second kappa shape index (κ2) is 8.73. The summed E-state index contributed by atoms with van der Waals surface area (Å²) in [4.78, 5) is 17.0. The van der Waals surface area contributed by atoms with Gasteiger partial charge >= 0.3 is 0 Å². The van der Waals surface area contributed by atoms with Gasteiger partial charge in [0, 0.05) is 13.2 Å². The van der Waals surface area contributed by atoms with Crippen molar-refractivity contribution in [1.82, 2.24) is 4.57 Å². The first-order chi connectivity index (χ1) is 12.7. The molecule has 0 aliphatic carbocycles. The number of aromatic nitrogens is 1. The highest BCUT2D eigenvalue weighted by Crippen LogP contribution is 2.16. The van der Waals surface area contributed by atoms with Crippen LogP contribution in [0.5, 0.6) is 5.75 Å². The van der Waals surface area contributed by atoms with Crippen molar-refractivity contribution in [2.24, 2.45) is 4.99 Å². The van der Waals surface area contributed by atoms with E-state index in [1.54, 1.807) is 0 Å². The number of halogens is 1. The molecule has 136 valence electrons. The molecule has 0 radical (unpaired) electrons. The van der Waals surface area contributed by atoms with E-state index >= 15 is 0 Å². The van der Waals surface area contributed by atoms with Gasteiger partial charge in [0.15, 0.2) is 11.4 Å². The zero-order chi connectivity index (χ0) is 18.4. The number of rotatable bonds is 7. The maximum atomic E-state index is 12.9. The summed E-state index contributed by atoms with van der Waals surface area (Å²) in [5.41, 5.74) is 1.02. The first-order valence-corrected chi connectivity index (χ1v) is 9.11. The third-order valence-corrected chi connectivity index (χ3v) is 4.71. The van der Waals surface area contributed by atoms with E-state index in [1.165, 1.54) is 35.6 Å². The van der Waals surface area contributed by atoms with Gasteiger partial charge in [0.25, 0.3) is 5.91 Å². The zero-order valence-electron chi connectivity index (χ0n) is 14.4. The standard InChI is InChI=1S/C19H19FN2O3S/c1-2-24-12-11-22-16-5-3-4-6-17(16)26-19(22)21-18(23)13-25-15-9-7-14(20)8-10-15/h3-10H,2,11-13H2,1H3. The summed E-state index contributed by atoms with van der Waals surface area (Å²) in [5.74, 6) is -0.324. The number of amides is 1. The minimum Gasteiger partial charge on any atom is -0.484 e. The van der Waals surface area contributed by atoms with Crippen LogP contribution in [0.3, 0.4) is 0 Å². The molecule has 0 bridgehead atoms. The zero-order valence-corrected chi connectivity index (χ0v) is 15.2. The summed E-state index contributed by atoms with van der Waals surface area (Å²) >= 11 is 1.45. The van der Waals surface area contributed by atoms with Crippen molar-refractivity contribution in [3.05, 3.63) is 59.1 Å². The molecule has 0 atom stereocenters. The van der Waals surface area contributed by atoms with Gasteiger partial charge in [0.2, 0.25) is 0 Å². The van der Waals surface area contributed by atoms with Crippen molar-refractivity contribution in [3.63, 3.8) is 0 Å². The lowest BCUT2D eigenvalue weighted by Crippen LogP contribution is -2.21. The van der Waals surface area contributed by atoms with Crippen LogP contribution in [-0.4, -0.2) is 30.3 Å². The Balaban J connectivity index is 1.79. The van der Waals surface area contributed by atoms with Crippen LogP contribution in [0.4, 0.5) is 4.39 Å². The molecule has 1 amide bonds. The first kappa shape index (κ1) is 18.3. The van der Waals surface area contributed by atoms with E-state index in [-0.39, 0.29) is 12.4 Å². The number of thiazole rings is 1. The normalized spacial score (nSPS) is 11.8. The molecule has 26 heavy (non-hydrogen) atoms. The van der Waals surface area contributed by atoms with E-state index in [0.717, 1.165) is 10.2 Å². The number of ether oxygens (including phenoxy) is 2. The lowest BCUT2D eigenvalue weighted by molar-refractivity contribution is -0.120. The Labute approximate surface area is 154 Å². The van der Waals surface area contributed by atoms with Crippen LogP contribution in [0.2, 0.25) is 0 Å². The molecule has 0 spiro atoms. The van der Waals surface area contributed by atoms with Gasteiger partial charge in [-0.1, -0.05) is 23.5 Å². The number of carbonyl (C=O) groups excluding carboxylic acids is 1. The largest absolute Gasteiger partial charge is 0.484 e. The number of para-hydroxylation sites is 1. The monoisotopic (exact) mass is 374 g/mol. The summed E-state index contributed by atoms with van der Waals surface area (Å²) in [7, 11) is 0. The Morgan fingerprint density at radius 2 is 1.96 bits per heavy atom. The van der Waals surface area contributed by atoms with Crippen LogP contribution in [0.15, 0.2) is 53.5 Å². The maximum Gasteiger partial charge on any atom is 0.286 e. The van der Waals surface area contributed by atoms with Crippen molar-refractivity contribution in [2.75, 3.05) is 19.8 Å². The number of hydrogen-bond donors (Lipinski definition) is 0. The first-order valence-electron chi connectivity index (χ1n) is 8.29. The molecule has 7 heteroatoms. The summed E-state index contributed by atoms with van der Waals surface area (Å²) in [6.45, 7) is 3.54. The topological polar surface area (TPSA) is 52.8 Å². The van der Waals surface area contributed by atoms with Gasteiger partial charge in [-0.2, -0.15) is 4.99 Å². The van der Waals surface area contributed by atoms with E-state index in [9.17, 15) is 9.18 Å². The summed E-state index contributed by atoms with van der Waals surface area (Å²) < 4.78 is 26.7. The Kier molecular flexibility index (Phi) is 6.14. The Hall–Kier alpha value is -2.51. The van der Waals surface area contributed by atoms with E-state index in [2.05, 4.69) is 4.99 Å². The predicted octanol–water partition coefficient (Wildman–Crippen LogP) is 3.38. The fraction of sp³-hybridized carbons (Fsp3) is 0.263. The summed E-state index contributed by atoms with van der Waals surface area (Å²) in [6.07, 6.45) is 0. The highest BCUT2D eigenvalue weighted by atomic mass is 32.1. The van der Waals surface area contributed by atoms with Gasteiger partial charge in [-0.15, -0.1) is 0 Å². The fourth-order valence-corrected chi connectivity index (χ4v) is 3.51. The van der Waals surface area contributed by atoms with Crippen LogP contribution < -0.4 is 9.54 Å². The molecule has 5 nitrogen and oxygen atoms in total. The SMILES string of the molecule is CCOCCn1c(=NC(=O)COc2ccc(F)cc2)sc2ccccc21. The molecule has 0 aliphatic rings. The number of benzene rings is 2. The molecule has 0 saturated carbocycles. The van der Waals surface area contributed by atoms with Crippen molar-refractivity contribution in [1.29, 1.82) is 0 Å². The maximum absolute atomic E-state index is 12.9. The molecule has 2 aromatic carbocycles. The third kappa shape index (κ3) is 4.56. The summed E-state index contributed by atoms with van der Waals surface area (Å²) in [6, 6.07) is 13.4. The third-order valence-electron chi connectivity index (χ3n) is 3.65. The number of fused-ring (bicyclic) bond motifs is 1. The van der Waals surface area contributed by atoms with Gasteiger partial charge in [0.1, 0.15) is 11.6 Å². The molecule has 0 aliphatic heterocycles. The fourth-order valence-electron chi connectivity index (χ4n) is 2.44. The minimum atomic E-state index is -0.397. The van der Waals surface area contributed by atoms with Crippen molar-refractivity contribution in [3.8, 4) is 5.75 Å². The van der Waals surface area contributed by atoms with E-state index in [0.29, 0.717) is 30.3 Å². The van der Waals surface area contributed by atoms with Gasteiger partial charge < -0.3 is 14.0 Å². The lowest BCUT2D eigenvalue weighted by atomic mass is 10.3. The van der Waals surface area contributed by atoms with E-state index < -0.39 is 5.91 Å². The quantitative estimate of drug-likeness (QED) is 0.596. The number of hydrogen-bond acceptors (Lipinski definition) is 4. The van der Waals surface area contributed by atoms with Crippen LogP contribution >= 0.6 is 11.3 Å². The van der Waals surface area contributed by atoms with Gasteiger partial charge in [-0.3, -0.25) is 4.79 Å². The molecule has 0 saturated heterocycles. The van der Waals surface area contributed by atoms with Crippen molar-refractivity contribution >= 4 is 27.5 Å². The average molecular weight is 374 g/mol. The van der Waals surface area contributed by atoms with E-state index in [1.807, 2.05) is 35.8 Å². The smallest absolute Gasteiger partial charge is 0.286 e. The van der Waals surface area contributed by atoms with Gasteiger partial charge in [0.05, 0.1) is 16.8 Å². The number of nitrogens with zero attached hydrogens (tertiary/aromatic N) is 2. The Morgan fingerprint density at radius 1 is 1.19 bits per heavy atom. The molecule has 0 fully saturated rings. The molecule has 0 unspecified atom stereocenters. The Bertz CT molecular complexity index is 947. The predicted molar refractivity (Wildman–Crippen MR) is 98.8 cm³/mol. The molecular formula is C19H19FN2O3S. The van der Waals surface area contributed by atoms with Crippen LogP contribution in [-0.2, 0) is 16.1 Å². The molecule has 1 heterocycles. The molecular weight excluding hydrogens is 355 g/mol. The second-order valence-corrected chi connectivity index (χ2v) is 6.46. The molecule has 1 aromatic heterocycles. The minimum absolute atomic E-state index is 0.203. The Morgan fingerprint density at radius 3 is 2.73 bits per heavy atom. The molecule has 0 N–H and O–H groups in total. The number of carbonyl (C=O) groups is 1. The van der Waals surface area contributed by atoms with Crippen molar-refractivity contribution < 1.29 is 18.7 Å². The van der Waals surface area contributed by atoms with Crippen LogP contribution in [0.1, 0.15) is 6.92 Å². The molecule has 3 aromatic rings.